The number of nitrogens with zero attached hydrogens (tertiary/aromatic N) is 4. The molecule has 0 aliphatic carbocycles. The summed E-state index contributed by atoms with van der Waals surface area (Å²) >= 11 is 0. The second-order valence-electron chi connectivity index (χ2n) is 5.49. The predicted molar refractivity (Wildman–Crippen MR) is 78.9 cm³/mol. The molecular formula is C15H17N5O. The lowest BCUT2D eigenvalue weighted by Gasteiger charge is -2.19. The number of nitrogens with one attached hydrogen (secondary N) is 1. The Bertz CT molecular complexity index is 769. The minimum atomic E-state index is 0.339. The van der Waals surface area contributed by atoms with Crippen molar-refractivity contribution in [3.63, 3.8) is 0 Å². The van der Waals surface area contributed by atoms with Gasteiger partial charge in [0, 0.05) is 24.9 Å². The molecule has 3 heterocycles. The molecule has 0 saturated carbocycles. The molecule has 6 nitrogen and oxygen atoms in total. The Kier molecular flexibility index (Phi) is 2.96. The first-order valence-corrected chi connectivity index (χ1v) is 7.29. The van der Waals surface area contributed by atoms with Gasteiger partial charge in [-0.05, 0) is 25.5 Å². The van der Waals surface area contributed by atoms with Gasteiger partial charge >= 0.3 is 0 Å². The molecule has 0 radical (unpaired) electrons. The molecule has 3 aromatic rings. The third-order valence-corrected chi connectivity index (χ3v) is 4.06. The summed E-state index contributed by atoms with van der Waals surface area (Å²) in [6.45, 7) is 1.99. The molecule has 1 aliphatic rings. The zero-order valence-electron chi connectivity index (χ0n) is 11.9. The summed E-state index contributed by atoms with van der Waals surface area (Å²) in [5.74, 6) is 1.63. The van der Waals surface area contributed by atoms with Crippen LogP contribution in [0.5, 0.6) is 0 Å². The first-order chi connectivity index (χ1) is 10.3. The molecular weight excluding hydrogens is 266 g/mol. The van der Waals surface area contributed by atoms with Crippen molar-refractivity contribution in [2.45, 2.75) is 18.8 Å². The summed E-state index contributed by atoms with van der Waals surface area (Å²) in [7, 11) is 1.92. The number of hydrogen-bond acceptors (Lipinski definition) is 5. The second kappa shape index (κ2) is 4.96. The number of aromatic nitrogens is 4. The van der Waals surface area contributed by atoms with Crippen LogP contribution in [-0.2, 0) is 7.05 Å². The molecule has 2 aromatic heterocycles. The lowest BCUT2D eigenvalue weighted by atomic mass is 9.99. The van der Waals surface area contributed by atoms with E-state index in [1.54, 1.807) is 0 Å². The van der Waals surface area contributed by atoms with Crippen molar-refractivity contribution in [3.8, 4) is 11.6 Å². The van der Waals surface area contributed by atoms with Crippen LogP contribution in [0.15, 0.2) is 28.8 Å². The minimum absolute atomic E-state index is 0.339. The van der Waals surface area contributed by atoms with Crippen LogP contribution < -0.4 is 5.32 Å². The maximum Gasteiger partial charge on any atom is 0.279 e. The monoisotopic (exact) mass is 283 g/mol. The van der Waals surface area contributed by atoms with E-state index in [0.29, 0.717) is 11.8 Å². The normalized spacial score (nSPS) is 19.2. The quantitative estimate of drug-likeness (QED) is 0.780. The first kappa shape index (κ1) is 12.5. The van der Waals surface area contributed by atoms with Crippen LogP contribution in [0.25, 0.3) is 22.5 Å². The van der Waals surface area contributed by atoms with E-state index in [1.165, 1.54) is 0 Å². The molecule has 0 bridgehead atoms. The van der Waals surface area contributed by atoms with Crippen molar-refractivity contribution < 1.29 is 4.52 Å². The zero-order valence-corrected chi connectivity index (χ0v) is 11.9. The number of para-hydroxylation sites is 1. The number of hydrogen-bond donors (Lipinski definition) is 1. The van der Waals surface area contributed by atoms with E-state index in [2.05, 4.69) is 20.6 Å². The highest BCUT2D eigenvalue weighted by molar-refractivity contribution is 5.91. The van der Waals surface area contributed by atoms with Gasteiger partial charge in [-0.15, -0.1) is 0 Å². The first-order valence-electron chi connectivity index (χ1n) is 7.29. The molecule has 1 aromatic carbocycles. The average Bonchev–Trinajstić information content (AvgIpc) is 3.14. The molecule has 108 valence electrons. The molecule has 6 heteroatoms. The van der Waals surface area contributed by atoms with E-state index in [9.17, 15) is 0 Å². The van der Waals surface area contributed by atoms with Crippen molar-refractivity contribution in [2.75, 3.05) is 13.1 Å². The second-order valence-corrected chi connectivity index (χ2v) is 5.49. The van der Waals surface area contributed by atoms with Gasteiger partial charge in [0.15, 0.2) is 11.5 Å². The van der Waals surface area contributed by atoms with Gasteiger partial charge in [-0.25, -0.2) is 0 Å². The number of aryl methyl sites for hydroxylation is 1. The van der Waals surface area contributed by atoms with Crippen LogP contribution in [0.1, 0.15) is 24.6 Å². The van der Waals surface area contributed by atoms with Gasteiger partial charge in [0.2, 0.25) is 0 Å². The molecule has 0 spiro atoms. The summed E-state index contributed by atoms with van der Waals surface area (Å²) in [6, 6.07) is 8.06. The number of rotatable bonds is 2. The van der Waals surface area contributed by atoms with Gasteiger partial charge in [0.05, 0.1) is 5.52 Å². The highest BCUT2D eigenvalue weighted by atomic mass is 16.5. The van der Waals surface area contributed by atoms with E-state index >= 15 is 0 Å². The summed E-state index contributed by atoms with van der Waals surface area (Å²) in [5, 5.41) is 13.1. The largest absolute Gasteiger partial charge is 0.332 e. The lowest BCUT2D eigenvalue weighted by Crippen LogP contribution is -2.28. The summed E-state index contributed by atoms with van der Waals surface area (Å²) < 4.78 is 7.30. The van der Waals surface area contributed by atoms with E-state index in [-0.39, 0.29) is 0 Å². The maximum absolute atomic E-state index is 5.46. The maximum atomic E-state index is 5.46. The third-order valence-electron chi connectivity index (χ3n) is 4.06. The number of benzene rings is 1. The van der Waals surface area contributed by atoms with Crippen LogP contribution in [0.3, 0.4) is 0 Å². The Balaban J connectivity index is 1.74. The highest BCUT2D eigenvalue weighted by Gasteiger charge is 2.23. The predicted octanol–water partition coefficient (Wildman–Crippen LogP) is 2.09. The fourth-order valence-electron chi connectivity index (χ4n) is 2.94. The lowest BCUT2D eigenvalue weighted by molar-refractivity contribution is 0.392. The summed E-state index contributed by atoms with van der Waals surface area (Å²) in [6.07, 6.45) is 2.26. The molecule has 1 atom stereocenters. The van der Waals surface area contributed by atoms with E-state index in [1.807, 2.05) is 36.0 Å². The SMILES string of the molecule is Cn1nc(-c2nc(C3CCCNC3)no2)c2ccccc21. The van der Waals surface area contributed by atoms with Gasteiger partial charge in [-0.2, -0.15) is 10.1 Å². The number of piperidine rings is 1. The van der Waals surface area contributed by atoms with E-state index in [0.717, 1.165) is 48.4 Å². The molecule has 1 saturated heterocycles. The van der Waals surface area contributed by atoms with Gasteiger partial charge in [-0.3, -0.25) is 4.68 Å². The number of fused-ring (bicyclic) bond motifs is 1. The Morgan fingerprint density at radius 3 is 3.10 bits per heavy atom. The topological polar surface area (TPSA) is 68.8 Å². The molecule has 1 unspecified atom stereocenters. The Morgan fingerprint density at radius 2 is 2.24 bits per heavy atom. The minimum Gasteiger partial charge on any atom is -0.332 e. The molecule has 21 heavy (non-hydrogen) atoms. The van der Waals surface area contributed by atoms with Crippen LogP contribution in [0.4, 0.5) is 0 Å². The van der Waals surface area contributed by atoms with Crippen LogP contribution in [0, 0.1) is 0 Å². The molecule has 1 aliphatic heterocycles. The van der Waals surface area contributed by atoms with Crippen molar-refractivity contribution in [3.05, 3.63) is 30.1 Å². The smallest absolute Gasteiger partial charge is 0.279 e. The standard InChI is InChI=1S/C15H17N5O/c1-20-12-7-3-2-6-11(12)13(18-20)15-17-14(19-21-15)10-5-4-8-16-9-10/h2-3,6-7,10,16H,4-5,8-9H2,1H3. The fraction of sp³-hybridized carbons (Fsp3) is 0.400. The van der Waals surface area contributed by atoms with Crippen molar-refractivity contribution >= 4 is 10.9 Å². The van der Waals surface area contributed by atoms with Gasteiger partial charge in [-0.1, -0.05) is 23.4 Å². The van der Waals surface area contributed by atoms with Crippen LogP contribution >= 0.6 is 0 Å². The average molecular weight is 283 g/mol. The fourth-order valence-corrected chi connectivity index (χ4v) is 2.94. The van der Waals surface area contributed by atoms with Gasteiger partial charge in [0.1, 0.15) is 0 Å². The van der Waals surface area contributed by atoms with E-state index < -0.39 is 0 Å². The molecule has 1 N–H and O–H groups in total. The Morgan fingerprint density at radius 1 is 1.33 bits per heavy atom. The molecule has 4 rings (SSSR count). The van der Waals surface area contributed by atoms with Crippen molar-refractivity contribution in [1.29, 1.82) is 0 Å². The molecule has 1 fully saturated rings. The Labute approximate surface area is 122 Å². The summed E-state index contributed by atoms with van der Waals surface area (Å²) in [5.41, 5.74) is 1.82. The van der Waals surface area contributed by atoms with Gasteiger partial charge < -0.3 is 9.84 Å². The summed E-state index contributed by atoms with van der Waals surface area (Å²) in [4.78, 5) is 4.57. The molecule has 0 amide bonds. The van der Waals surface area contributed by atoms with Crippen LogP contribution in [-0.4, -0.2) is 33.0 Å². The van der Waals surface area contributed by atoms with E-state index in [4.69, 9.17) is 4.52 Å². The van der Waals surface area contributed by atoms with Crippen molar-refractivity contribution in [2.24, 2.45) is 7.05 Å². The van der Waals surface area contributed by atoms with Crippen LogP contribution in [0.2, 0.25) is 0 Å². The zero-order chi connectivity index (χ0) is 14.2. The Hall–Kier alpha value is -2.21. The third kappa shape index (κ3) is 2.12. The van der Waals surface area contributed by atoms with Gasteiger partial charge in [0.25, 0.3) is 5.89 Å². The van der Waals surface area contributed by atoms with Crippen molar-refractivity contribution in [1.82, 2.24) is 25.2 Å². The highest BCUT2D eigenvalue weighted by Crippen LogP contribution is 2.28.